The maximum absolute atomic E-state index is 12.6. The Labute approximate surface area is 95.0 Å². The van der Waals surface area contributed by atoms with Crippen LogP contribution in [0.4, 0.5) is 8.78 Å². The number of nitrogens with zero attached hydrogens (tertiary/aromatic N) is 1. The van der Waals surface area contributed by atoms with Crippen LogP contribution in [-0.2, 0) is 17.8 Å². The molecule has 0 bridgehead atoms. The summed E-state index contributed by atoms with van der Waals surface area (Å²) in [5, 5.41) is 8.57. The molecule has 0 aliphatic carbocycles. The van der Waals surface area contributed by atoms with Crippen molar-refractivity contribution in [2.75, 3.05) is 0 Å². The third-order valence-electron chi connectivity index (χ3n) is 1.91. The number of alkyl halides is 2. The molecule has 0 aliphatic heterocycles. The van der Waals surface area contributed by atoms with Gasteiger partial charge in [-0.15, -0.1) is 0 Å². The second-order valence-electron chi connectivity index (χ2n) is 3.04. The Bertz CT molecular complexity index is 413. The van der Waals surface area contributed by atoms with E-state index in [1.165, 1.54) is 6.07 Å². The van der Waals surface area contributed by atoms with Gasteiger partial charge < -0.3 is 10.8 Å². The monoisotopic (exact) mass is 250 g/mol. The van der Waals surface area contributed by atoms with Gasteiger partial charge >= 0.3 is 5.97 Å². The molecule has 0 fully saturated rings. The largest absolute Gasteiger partial charge is 0.481 e. The van der Waals surface area contributed by atoms with Crippen molar-refractivity contribution in [1.29, 1.82) is 0 Å². The molecule has 16 heavy (non-hydrogen) atoms. The van der Waals surface area contributed by atoms with Crippen LogP contribution in [0.1, 0.15) is 23.4 Å². The second-order valence-corrected chi connectivity index (χ2v) is 3.44. The van der Waals surface area contributed by atoms with Gasteiger partial charge in [-0.2, -0.15) is 0 Å². The van der Waals surface area contributed by atoms with Crippen LogP contribution in [0.15, 0.2) is 6.07 Å². The van der Waals surface area contributed by atoms with Gasteiger partial charge in [0.2, 0.25) is 0 Å². The predicted molar refractivity (Wildman–Crippen MR) is 53.4 cm³/mol. The van der Waals surface area contributed by atoms with Gasteiger partial charge in [-0.3, -0.25) is 4.79 Å². The number of hydrogen-bond donors (Lipinski definition) is 2. The summed E-state index contributed by atoms with van der Waals surface area (Å²) in [5.74, 6) is -1.19. The smallest absolute Gasteiger partial charge is 0.309 e. The minimum absolute atomic E-state index is 0.0345. The van der Waals surface area contributed by atoms with E-state index in [0.29, 0.717) is 0 Å². The lowest BCUT2D eigenvalue weighted by molar-refractivity contribution is -0.136. The SMILES string of the molecule is NCc1cc(Cl)c(CC(=O)O)nc1C(F)F. The summed E-state index contributed by atoms with van der Waals surface area (Å²) in [4.78, 5) is 14.0. The molecule has 0 aromatic carbocycles. The predicted octanol–water partition coefficient (Wildman–Crippen LogP) is 1.76. The zero-order chi connectivity index (χ0) is 12.3. The molecule has 1 aromatic rings. The third kappa shape index (κ3) is 2.86. The van der Waals surface area contributed by atoms with Crippen LogP contribution < -0.4 is 5.73 Å². The first kappa shape index (κ1) is 12.8. The van der Waals surface area contributed by atoms with Crippen LogP contribution >= 0.6 is 11.6 Å². The fourth-order valence-corrected chi connectivity index (χ4v) is 1.44. The van der Waals surface area contributed by atoms with Crippen molar-refractivity contribution in [2.45, 2.75) is 19.4 Å². The molecule has 1 heterocycles. The highest BCUT2D eigenvalue weighted by atomic mass is 35.5. The molecule has 0 saturated heterocycles. The molecule has 0 atom stereocenters. The fraction of sp³-hybridized carbons (Fsp3) is 0.333. The van der Waals surface area contributed by atoms with E-state index in [1.54, 1.807) is 0 Å². The Balaban J connectivity index is 3.21. The Morgan fingerprint density at radius 3 is 2.69 bits per heavy atom. The van der Waals surface area contributed by atoms with Gasteiger partial charge in [-0.05, 0) is 11.6 Å². The maximum Gasteiger partial charge on any atom is 0.309 e. The Kier molecular flexibility index (Phi) is 4.14. The number of carboxylic acid groups (broad SMARTS) is 1. The molecule has 1 rings (SSSR count). The summed E-state index contributed by atoms with van der Waals surface area (Å²) in [6, 6.07) is 1.23. The van der Waals surface area contributed by atoms with E-state index in [1.807, 2.05) is 0 Å². The summed E-state index contributed by atoms with van der Waals surface area (Å²) < 4.78 is 25.1. The quantitative estimate of drug-likeness (QED) is 0.854. The number of aromatic nitrogens is 1. The van der Waals surface area contributed by atoms with Crippen molar-refractivity contribution in [2.24, 2.45) is 5.73 Å². The standard InChI is InChI=1S/C9H9ClF2N2O2/c10-5-1-4(3-13)8(9(11)12)14-6(5)2-7(15)16/h1,9H,2-3,13H2,(H,15,16). The third-order valence-corrected chi connectivity index (χ3v) is 2.23. The minimum atomic E-state index is -2.80. The normalized spacial score (nSPS) is 10.8. The van der Waals surface area contributed by atoms with E-state index in [0.717, 1.165) is 0 Å². The van der Waals surface area contributed by atoms with Gasteiger partial charge in [0.15, 0.2) is 0 Å². The lowest BCUT2D eigenvalue weighted by Gasteiger charge is -2.09. The molecular weight excluding hydrogens is 242 g/mol. The zero-order valence-corrected chi connectivity index (χ0v) is 8.84. The Morgan fingerprint density at radius 2 is 2.25 bits per heavy atom. The summed E-state index contributed by atoms with van der Waals surface area (Å²) in [6.07, 6.45) is -3.30. The van der Waals surface area contributed by atoms with E-state index >= 15 is 0 Å². The summed E-state index contributed by atoms with van der Waals surface area (Å²) in [5.41, 5.74) is 4.79. The Morgan fingerprint density at radius 1 is 1.62 bits per heavy atom. The van der Waals surface area contributed by atoms with E-state index in [-0.39, 0.29) is 22.8 Å². The first-order valence-electron chi connectivity index (χ1n) is 4.34. The Hall–Kier alpha value is -1.27. The van der Waals surface area contributed by atoms with Crippen molar-refractivity contribution in [3.8, 4) is 0 Å². The topological polar surface area (TPSA) is 76.2 Å². The number of carbonyl (C=O) groups is 1. The van der Waals surface area contributed by atoms with Gasteiger partial charge in [0.25, 0.3) is 6.43 Å². The molecular formula is C9H9ClF2N2O2. The highest BCUT2D eigenvalue weighted by Gasteiger charge is 2.18. The van der Waals surface area contributed by atoms with Crippen LogP contribution in [-0.4, -0.2) is 16.1 Å². The van der Waals surface area contributed by atoms with Gasteiger partial charge in [-0.1, -0.05) is 11.6 Å². The van der Waals surface area contributed by atoms with Crippen LogP contribution in [0.2, 0.25) is 5.02 Å². The van der Waals surface area contributed by atoms with Gasteiger partial charge in [0.1, 0.15) is 5.69 Å². The fourth-order valence-electron chi connectivity index (χ4n) is 1.20. The van der Waals surface area contributed by atoms with E-state index in [4.69, 9.17) is 22.4 Å². The maximum atomic E-state index is 12.6. The van der Waals surface area contributed by atoms with Crippen molar-refractivity contribution < 1.29 is 18.7 Å². The lowest BCUT2D eigenvalue weighted by Crippen LogP contribution is -2.10. The molecule has 4 nitrogen and oxygen atoms in total. The molecule has 1 aromatic heterocycles. The first-order valence-corrected chi connectivity index (χ1v) is 4.71. The molecule has 0 aliphatic rings. The van der Waals surface area contributed by atoms with Gasteiger partial charge in [0, 0.05) is 6.54 Å². The average molecular weight is 251 g/mol. The second kappa shape index (κ2) is 5.18. The highest BCUT2D eigenvalue weighted by Crippen LogP contribution is 2.25. The van der Waals surface area contributed by atoms with Gasteiger partial charge in [0.05, 0.1) is 17.1 Å². The van der Waals surface area contributed by atoms with Crippen LogP contribution in [0, 0.1) is 0 Å². The summed E-state index contributed by atoms with van der Waals surface area (Å²) in [7, 11) is 0. The molecule has 0 amide bonds. The molecule has 0 unspecified atom stereocenters. The number of carboxylic acids is 1. The van der Waals surface area contributed by atoms with Crippen LogP contribution in [0.25, 0.3) is 0 Å². The van der Waals surface area contributed by atoms with Crippen LogP contribution in [0.5, 0.6) is 0 Å². The number of aliphatic carboxylic acids is 1. The van der Waals surface area contributed by atoms with Gasteiger partial charge in [-0.25, -0.2) is 13.8 Å². The number of halogens is 3. The van der Waals surface area contributed by atoms with Crippen molar-refractivity contribution in [3.05, 3.63) is 28.0 Å². The lowest BCUT2D eigenvalue weighted by atomic mass is 10.1. The van der Waals surface area contributed by atoms with E-state index in [9.17, 15) is 13.6 Å². The summed E-state index contributed by atoms with van der Waals surface area (Å²) in [6.45, 7) is -0.125. The van der Waals surface area contributed by atoms with E-state index in [2.05, 4.69) is 4.98 Å². The molecule has 0 radical (unpaired) electrons. The molecule has 0 spiro atoms. The van der Waals surface area contributed by atoms with Crippen molar-refractivity contribution in [3.63, 3.8) is 0 Å². The van der Waals surface area contributed by atoms with Crippen molar-refractivity contribution >= 4 is 17.6 Å². The highest BCUT2D eigenvalue weighted by molar-refractivity contribution is 6.31. The number of nitrogens with two attached hydrogens (primary N) is 1. The molecule has 3 N–H and O–H groups in total. The number of pyridine rings is 1. The van der Waals surface area contributed by atoms with Crippen molar-refractivity contribution in [1.82, 2.24) is 4.98 Å². The first-order chi connectivity index (χ1) is 7.45. The number of hydrogen-bond acceptors (Lipinski definition) is 3. The van der Waals surface area contributed by atoms with Crippen LogP contribution in [0.3, 0.4) is 0 Å². The zero-order valence-electron chi connectivity index (χ0n) is 8.08. The number of rotatable bonds is 4. The minimum Gasteiger partial charge on any atom is -0.481 e. The molecule has 7 heteroatoms. The molecule has 88 valence electrons. The average Bonchev–Trinajstić information content (AvgIpc) is 2.19. The summed E-state index contributed by atoms with van der Waals surface area (Å²) >= 11 is 5.70. The van der Waals surface area contributed by atoms with E-state index < -0.39 is 24.5 Å². The molecule has 0 saturated carbocycles.